The van der Waals surface area contributed by atoms with Gasteiger partial charge in [-0.3, -0.25) is 0 Å². The van der Waals surface area contributed by atoms with Crippen molar-refractivity contribution in [1.29, 1.82) is 0 Å². The van der Waals surface area contributed by atoms with Crippen molar-refractivity contribution >= 4 is 13.0 Å². The summed E-state index contributed by atoms with van der Waals surface area (Å²) >= 11 is 0. The molecule has 55 valence electrons. The second-order valence-corrected chi connectivity index (χ2v) is 3.55. The predicted octanol–water partition coefficient (Wildman–Crippen LogP) is 2.32. The van der Waals surface area contributed by atoms with Gasteiger partial charge >= 0.3 is 64.3 Å². The van der Waals surface area contributed by atoms with E-state index in [4.69, 9.17) is 7.49 Å². The van der Waals surface area contributed by atoms with E-state index < -0.39 is 0 Å². The first-order valence-corrected chi connectivity index (χ1v) is 4.37. The van der Waals surface area contributed by atoms with Gasteiger partial charge in [0.15, 0.2) is 0 Å². The summed E-state index contributed by atoms with van der Waals surface area (Å²) in [7, 11) is 5.64. The van der Waals surface area contributed by atoms with Crippen LogP contribution in [0.4, 0.5) is 0 Å². The van der Waals surface area contributed by atoms with Crippen LogP contribution in [0.3, 0.4) is 0 Å². The molecule has 1 rings (SSSR count). The summed E-state index contributed by atoms with van der Waals surface area (Å²) in [6.45, 7) is 2.04. The van der Waals surface area contributed by atoms with Crippen molar-refractivity contribution in [2.24, 2.45) is 5.92 Å². The topological polar surface area (TPSA) is 0 Å². The van der Waals surface area contributed by atoms with Crippen LogP contribution in [0.15, 0.2) is 0 Å². The van der Waals surface area contributed by atoms with Gasteiger partial charge in [0.2, 0.25) is 0 Å². The minimum atomic E-state index is 0.916. The normalized spacial score (nSPS) is 20.8. The van der Waals surface area contributed by atoms with Crippen molar-refractivity contribution in [3.63, 3.8) is 0 Å². The Morgan fingerprint density at radius 1 is 1.30 bits per heavy atom. The summed E-state index contributed by atoms with van der Waals surface area (Å²) < 4.78 is 0. The summed E-state index contributed by atoms with van der Waals surface area (Å²) in [6.07, 6.45) is 8.29. The summed E-state index contributed by atoms with van der Waals surface area (Å²) in [4.78, 5) is 0. The molecule has 1 aliphatic carbocycles. The van der Waals surface area contributed by atoms with E-state index in [1.54, 1.807) is 0 Å². The molecular formula is C9H16B. The van der Waals surface area contributed by atoms with Gasteiger partial charge in [0.1, 0.15) is 0 Å². The van der Waals surface area contributed by atoms with Gasteiger partial charge in [-0.25, -0.2) is 0 Å². The molecule has 0 amide bonds. The molecule has 0 saturated heterocycles. The van der Waals surface area contributed by atoms with E-state index >= 15 is 0 Å². The Hall–Kier alpha value is -0.0651. The van der Waals surface area contributed by atoms with Crippen molar-refractivity contribution < 1.29 is 0 Å². The molecule has 0 aromatic rings. The van der Waals surface area contributed by atoms with Crippen LogP contribution >= 0.6 is 0 Å². The van der Waals surface area contributed by atoms with Gasteiger partial charge in [0, 0.05) is 0 Å². The number of hydrogen-bond acceptors (Lipinski definition) is 0. The van der Waals surface area contributed by atoms with Gasteiger partial charge in [-0.05, 0) is 0 Å². The number of hydrogen-bond donors (Lipinski definition) is 0. The van der Waals surface area contributed by atoms with Crippen LogP contribution in [0.25, 0.3) is 0 Å². The molecule has 0 spiro atoms. The van der Waals surface area contributed by atoms with E-state index in [0.29, 0.717) is 0 Å². The van der Waals surface area contributed by atoms with Crippen molar-refractivity contribution in [3.8, 4) is 0 Å². The van der Waals surface area contributed by atoms with Crippen LogP contribution in [0, 0.1) is 5.92 Å². The maximum absolute atomic E-state index is 5.64. The molecule has 1 saturated carbocycles. The van der Waals surface area contributed by atoms with E-state index in [9.17, 15) is 0 Å². The first-order valence-electron chi connectivity index (χ1n) is 4.37. The molecule has 1 aliphatic rings. The zero-order chi connectivity index (χ0) is 7.40. The van der Waals surface area contributed by atoms with E-state index in [1.807, 2.05) is 6.92 Å². The van der Waals surface area contributed by atoms with Gasteiger partial charge in [0.05, 0.1) is 0 Å². The molecule has 1 heteroatoms. The van der Waals surface area contributed by atoms with Crippen molar-refractivity contribution in [1.82, 2.24) is 0 Å². The Morgan fingerprint density at radius 3 is 2.40 bits per heavy atom. The first kappa shape index (κ1) is 8.04. The predicted molar refractivity (Wildman–Crippen MR) is 47.6 cm³/mol. The fourth-order valence-electron chi connectivity index (χ4n) is 1.85. The van der Waals surface area contributed by atoms with Gasteiger partial charge in [-0.1, -0.05) is 0 Å². The summed E-state index contributed by atoms with van der Waals surface area (Å²) in [6, 6.07) is 0. The van der Waals surface area contributed by atoms with E-state index in [1.165, 1.54) is 38.5 Å². The van der Waals surface area contributed by atoms with E-state index in [-0.39, 0.29) is 0 Å². The fraction of sp³-hybridized carbons (Fsp3) is 0.889. The molecule has 0 bridgehead atoms. The molecule has 1 radical (unpaired) electrons. The SMILES string of the molecule is [B]=C(C)CC1CCCCC1. The standard InChI is InChI=1S/C9H16B/c1-8(10)7-9-5-3-2-4-6-9/h9H,2-7H2,1H3. The van der Waals surface area contributed by atoms with Crippen LogP contribution in [0.1, 0.15) is 45.4 Å². The minimum absolute atomic E-state index is 0.916. The Morgan fingerprint density at radius 2 is 1.90 bits per heavy atom. The molecule has 10 heavy (non-hydrogen) atoms. The molecule has 1 fully saturated rings. The Kier molecular flexibility index (Phi) is 3.17. The van der Waals surface area contributed by atoms with Gasteiger partial charge in [0.25, 0.3) is 0 Å². The van der Waals surface area contributed by atoms with Gasteiger partial charge in [-0.2, -0.15) is 0 Å². The Labute approximate surface area is 65.1 Å². The molecule has 0 nitrogen and oxygen atoms in total. The van der Waals surface area contributed by atoms with Gasteiger partial charge < -0.3 is 0 Å². The van der Waals surface area contributed by atoms with Crippen LogP contribution < -0.4 is 0 Å². The van der Waals surface area contributed by atoms with Crippen LogP contribution in [-0.4, -0.2) is 13.0 Å². The monoisotopic (exact) mass is 135 g/mol. The molecule has 0 aliphatic heterocycles. The van der Waals surface area contributed by atoms with Crippen molar-refractivity contribution in [2.75, 3.05) is 0 Å². The molecule has 0 aromatic heterocycles. The third kappa shape index (κ3) is 2.68. The average molecular weight is 135 g/mol. The molecule has 0 unspecified atom stereocenters. The van der Waals surface area contributed by atoms with Gasteiger partial charge in [-0.15, -0.1) is 0 Å². The Balaban J connectivity index is 2.19. The average Bonchev–Trinajstić information content (AvgIpc) is 1.88. The van der Waals surface area contributed by atoms with Crippen LogP contribution in [0.5, 0.6) is 0 Å². The third-order valence-electron chi connectivity index (χ3n) is 2.34. The van der Waals surface area contributed by atoms with E-state index in [2.05, 4.69) is 0 Å². The summed E-state index contributed by atoms with van der Waals surface area (Å²) in [5.41, 5.74) is 1.12. The summed E-state index contributed by atoms with van der Waals surface area (Å²) in [5, 5.41) is 0. The van der Waals surface area contributed by atoms with Crippen LogP contribution in [-0.2, 0) is 0 Å². The summed E-state index contributed by atoms with van der Waals surface area (Å²) in [5.74, 6) is 0.916. The molecule has 0 atom stereocenters. The molecule has 0 heterocycles. The molecule has 0 aromatic carbocycles. The fourth-order valence-corrected chi connectivity index (χ4v) is 1.85. The molecule has 0 N–H and O–H groups in total. The second-order valence-electron chi connectivity index (χ2n) is 3.55. The maximum atomic E-state index is 5.64. The third-order valence-corrected chi connectivity index (χ3v) is 2.34. The van der Waals surface area contributed by atoms with Crippen molar-refractivity contribution in [2.45, 2.75) is 45.4 Å². The second kappa shape index (κ2) is 3.95. The molecular weight excluding hydrogens is 119 g/mol. The van der Waals surface area contributed by atoms with Crippen LogP contribution in [0.2, 0.25) is 0 Å². The zero-order valence-corrected chi connectivity index (χ0v) is 6.90. The number of rotatable bonds is 2. The first-order chi connectivity index (χ1) is 4.79. The Bertz CT molecular complexity index is 112. The van der Waals surface area contributed by atoms with E-state index in [0.717, 1.165) is 11.4 Å². The quantitative estimate of drug-likeness (QED) is 0.509. The van der Waals surface area contributed by atoms with Crippen molar-refractivity contribution in [3.05, 3.63) is 0 Å². The zero-order valence-electron chi connectivity index (χ0n) is 6.90.